The van der Waals surface area contributed by atoms with Gasteiger partial charge in [0.15, 0.2) is 0 Å². The van der Waals surface area contributed by atoms with Crippen LogP contribution in [0.3, 0.4) is 0 Å². The van der Waals surface area contributed by atoms with Gasteiger partial charge in [0.2, 0.25) is 0 Å². The number of hydrogen-bond acceptors (Lipinski definition) is 5. The van der Waals surface area contributed by atoms with Crippen LogP contribution in [0.5, 0.6) is 0 Å². The van der Waals surface area contributed by atoms with Crippen molar-refractivity contribution in [1.29, 1.82) is 0 Å². The lowest BCUT2D eigenvalue weighted by molar-refractivity contribution is 0.494. The van der Waals surface area contributed by atoms with Gasteiger partial charge < -0.3 is 15.1 Å². The molecule has 0 aliphatic rings. The second-order valence-corrected chi connectivity index (χ2v) is 5.56. The highest BCUT2D eigenvalue weighted by atomic mass is 16.3. The summed E-state index contributed by atoms with van der Waals surface area (Å²) in [5.74, 6) is 3.88. The Morgan fingerprint density at radius 3 is 2.57 bits per heavy atom. The van der Waals surface area contributed by atoms with Gasteiger partial charge in [-0.2, -0.15) is 0 Å². The van der Waals surface area contributed by atoms with Gasteiger partial charge in [0.1, 0.15) is 23.2 Å². The number of nitrogens with zero attached hydrogens (tertiary/aromatic N) is 2. The zero-order valence-electron chi connectivity index (χ0n) is 13.2. The van der Waals surface area contributed by atoms with Crippen LogP contribution in [0.2, 0.25) is 0 Å². The summed E-state index contributed by atoms with van der Waals surface area (Å²) in [6.45, 7) is 6.34. The lowest BCUT2D eigenvalue weighted by atomic mass is 10.1. The van der Waals surface area contributed by atoms with Crippen molar-refractivity contribution in [3.05, 3.63) is 36.0 Å². The zero-order valence-corrected chi connectivity index (χ0v) is 13.2. The van der Waals surface area contributed by atoms with Crippen LogP contribution in [0.1, 0.15) is 44.7 Å². The van der Waals surface area contributed by atoms with Crippen molar-refractivity contribution in [2.45, 2.75) is 45.6 Å². The highest BCUT2D eigenvalue weighted by Gasteiger charge is 2.10. The van der Waals surface area contributed by atoms with Gasteiger partial charge in [0.05, 0.1) is 6.26 Å². The van der Waals surface area contributed by atoms with Crippen molar-refractivity contribution in [1.82, 2.24) is 9.97 Å². The Kier molecular flexibility index (Phi) is 5.20. The largest absolute Gasteiger partial charge is 0.469 e. The predicted octanol–water partition coefficient (Wildman–Crippen LogP) is 3.67. The van der Waals surface area contributed by atoms with Crippen LogP contribution < -0.4 is 10.6 Å². The molecule has 0 aromatic carbocycles. The first-order valence-corrected chi connectivity index (χ1v) is 7.44. The van der Waals surface area contributed by atoms with Crippen LogP contribution >= 0.6 is 0 Å². The molecule has 0 bridgehead atoms. The molecule has 2 aromatic rings. The molecule has 0 aliphatic heterocycles. The lowest BCUT2D eigenvalue weighted by Crippen LogP contribution is -2.18. The average molecular weight is 288 g/mol. The predicted molar refractivity (Wildman–Crippen MR) is 85.8 cm³/mol. The minimum Gasteiger partial charge on any atom is -0.469 e. The molecule has 0 fully saturated rings. The van der Waals surface area contributed by atoms with E-state index in [0.29, 0.717) is 12.0 Å². The molecule has 0 spiro atoms. The molecule has 0 saturated heterocycles. The smallest absolute Gasteiger partial charge is 0.135 e. The van der Waals surface area contributed by atoms with E-state index in [1.165, 1.54) is 0 Å². The first-order chi connectivity index (χ1) is 10.1. The van der Waals surface area contributed by atoms with E-state index in [0.717, 1.165) is 36.1 Å². The molecule has 2 aromatic heterocycles. The number of aryl methyl sites for hydroxylation is 1. The molecular weight excluding hydrogens is 264 g/mol. The third kappa shape index (κ3) is 4.48. The maximum atomic E-state index is 5.36. The maximum Gasteiger partial charge on any atom is 0.135 e. The Morgan fingerprint density at radius 2 is 1.95 bits per heavy atom. The minimum absolute atomic E-state index is 0.303. The highest BCUT2D eigenvalue weighted by molar-refractivity contribution is 5.47. The Labute approximate surface area is 126 Å². The van der Waals surface area contributed by atoms with E-state index in [1.54, 1.807) is 6.26 Å². The van der Waals surface area contributed by atoms with E-state index in [2.05, 4.69) is 41.4 Å². The maximum absolute atomic E-state index is 5.36. The SMILES string of the molecule is CNc1cc(NC(C)CCc2ccco2)nc(C(C)C)n1. The van der Waals surface area contributed by atoms with Crippen LogP contribution in [0.4, 0.5) is 11.6 Å². The van der Waals surface area contributed by atoms with E-state index in [9.17, 15) is 0 Å². The Balaban J connectivity index is 1.99. The Morgan fingerprint density at radius 1 is 1.19 bits per heavy atom. The number of hydrogen-bond donors (Lipinski definition) is 2. The second kappa shape index (κ2) is 7.11. The normalized spacial score (nSPS) is 12.4. The van der Waals surface area contributed by atoms with E-state index in [4.69, 9.17) is 4.42 Å². The number of aromatic nitrogens is 2. The van der Waals surface area contributed by atoms with Crippen LogP contribution in [0, 0.1) is 0 Å². The molecular formula is C16H24N4O. The number of furan rings is 1. The Hall–Kier alpha value is -2.04. The number of rotatable bonds is 7. The van der Waals surface area contributed by atoms with Gasteiger partial charge in [-0.05, 0) is 25.5 Å². The van der Waals surface area contributed by atoms with Gasteiger partial charge in [-0.15, -0.1) is 0 Å². The molecule has 5 heteroatoms. The fraction of sp³-hybridized carbons (Fsp3) is 0.500. The fourth-order valence-corrected chi connectivity index (χ4v) is 2.06. The molecule has 2 heterocycles. The molecule has 5 nitrogen and oxygen atoms in total. The molecule has 114 valence electrons. The van der Waals surface area contributed by atoms with Crippen molar-refractivity contribution in [3.8, 4) is 0 Å². The van der Waals surface area contributed by atoms with E-state index in [-0.39, 0.29) is 0 Å². The first kappa shape index (κ1) is 15.4. The third-order valence-electron chi connectivity index (χ3n) is 3.31. The summed E-state index contributed by atoms with van der Waals surface area (Å²) >= 11 is 0. The summed E-state index contributed by atoms with van der Waals surface area (Å²) in [7, 11) is 1.87. The van der Waals surface area contributed by atoms with Crippen LogP contribution in [0.25, 0.3) is 0 Å². The van der Waals surface area contributed by atoms with Crippen molar-refractivity contribution >= 4 is 11.6 Å². The summed E-state index contributed by atoms with van der Waals surface area (Å²) in [5, 5.41) is 6.53. The molecule has 0 aliphatic carbocycles. The van der Waals surface area contributed by atoms with Gasteiger partial charge >= 0.3 is 0 Å². The molecule has 2 N–H and O–H groups in total. The summed E-state index contributed by atoms with van der Waals surface area (Å²) in [6.07, 6.45) is 3.62. The molecule has 1 unspecified atom stereocenters. The average Bonchev–Trinajstić information content (AvgIpc) is 2.98. The number of nitrogens with one attached hydrogen (secondary N) is 2. The third-order valence-corrected chi connectivity index (χ3v) is 3.31. The van der Waals surface area contributed by atoms with Crippen molar-refractivity contribution in [3.63, 3.8) is 0 Å². The van der Waals surface area contributed by atoms with E-state index >= 15 is 0 Å². The van der Waals surface area contributed by atoms with Crippen molar-refractivity contribution < 1.29 is 4.42 Å². The molecule has 0 radical (unpaired) electrons. The molecule has 21 heavy (non-hydrogen) atoms. The van der Waals surface area contributed by atoms with Crippen LogP contribution in [-0.2, 0) is 6.42 Å². The minimum atomic E-state index is 0.303. The molecule has 0 amide bonds. The lowest BCUT2D eigenvalue weighted by Gasteiger charge is -2.16. The van der Waals surface area contributed by atoms with Gasteiger partial charge in [0.25, 0.3) is 0 Å². The summed E-state index contributed by atoms with van der Waals surface area (Å²) in [5.41, 5.74) is 0. The van der Waals surface area contributed by atoms with Gasteiger partial charge in [-0.3, -0.25) is 0 Å². The standard InChI is InChI=1S/C16H24N4O/c1-11(2)16-19-14(17-4)10-15(20-16)18-12(3)7-8-13-6-5-9-21-13/h5-6,9-12H,7-8H2,1-4H3,(H2,17,18,19,20). The topological polar surface area (TPSA) is 63.0 Å². The molecule has 2 rings (SSSR count). The van der Waals surface area contributed by atoms with Crippen LogP contribution in [0.15, 0.2) is 28.9 Å². The zero-order chi connectivity index (χ0) is 15.2. The highest BCUT2D eigenvalue weighted by Crippen LogP contribution is 2.18. The van der Waals surface area contributed by atoms with Crippen molar-refractivity contribution in [2.75, 3.05) is 17.7 Å². The molecule has 1 atom stereocenters. The van der Waals surface area contributed by atoms with Crippen LogP contribution in [-0.4, -0.2) is 23.1 Å². The fourth-order valence-electron chi connectivity index (χ4n) is 2.06. The first-order valence-electron chi connectivity index (χ1n) is 7.44. The number of anilines is 2. The quantitative estimate of drug-likeness (QED) is 0.814. The van der Waals surface area contributed by atoms with Gasteiger partial charge in [-0.25, -0.2) is 9.97 Å². The monoisotopic (exact) mass is 288 g/mol. The summed E-state index contributed by atoms with van der Waals surface area (Å²) in [4.78, 5) is 9.05. The van der Waals surface area contributed by atoms with E-state index < -0.39 is 0 Å². The Bertz CT molecular complexity index is 551. The summed E-state index contributed by atoms with van der Waals surface area (Å²) in [6, 6.07) is 6.18. The van der Waals surface area contributed by atoms with Gasteiger partial charge in [0, 0.05) is 31.5 Å². The van der Waals surface area contributed by atoms with Gasteiger partial charge in [-0.1, -0.05) is 13.8 Å². The summed E-state index contributed by atoms with van der Waals surface area (Å²) < 4.78 is 5.36. The van der Waals surface area contributed by atoms with E-state index in [1.807, 2.05) is 25.2 Å². The van der Waals surface area contributed by atoms with Crippen molar-refractivity contribution in [2.24, 2.45) is 0 Å². The molecule has 0 saturated carbocycles. The second-order valence-electron chi connectivity index (χ2n) is 5.56.